The molecule has 0 bridgehead atoms. The molecule has 2 rings (SSSR count). The van der Waals surface area contributed by atoms with E-state index in [1.165, 1.54) is 0 Å². The average molecular weight is 279 g/mol. The summed E-state index contributed by atoms with van der Waals surface area (Å²) in [5, 5.41) is 13.8. The summed E-state index contributed by atoms with van der Waals surface area (Å²) in [4.78, 5) is 4.25. The summed E-state index contributed by atoms with van der Waals surface area (Å²) < 4.78 is 0.981. The van der Waals surface area contributed by atoms with Crippen LogP contribution in [0.4, 0.5) is 0 Å². The number of nitrogens with zero attached hydrogens (tertiary/aromatic N) is 2. The third-order valence-corrected chi connectivity index (χ3v) is 4.52. The third-order valence-electron chi connectivity index (χ3n) is 2.35. The molecule has 4 nitrogen and oxygen atoms in total. The first kappa shape index (κ1) is 12.9. The summed E-state index contributed by atoms with van der Waals surface area (Å²) in [6, 6.07) is 10.0. The number of hydrogen-bond acceptors (Lipinski definition) is 5. The van der Waals surface area contributed by atoms with Crippen molar-refractivity contribution in [3.05, 3.63) is 47.5 Å². The van der Waals surface area contributed by atoms with Crippen molar-refractivity contribution in [2.45, 2.75) is 16.0 Å². The second-order valence-electron chi connectivity index (χ2n) is 3.61. The Balaban J connectivity index is 2.18. The second-order valence-corrected chi connectivity index (χ2v) is 5.96. The molecule has 1 unspecified atom stereocenters. The van der Waals surface area contributed by atoms with Gasteiger partial charge in [0.25, 0.3) is 0 Å². The smallest absolute Gasteiger partial charge is 0.150 e. The van der Waals surface area contributed by atoms with Crippen LogP contribution in [0, 0.1) is 0 Å². The minimum atomic E-state index is 0.105. The molecule has 0 spiro atoms. The Bertz CT molecular complexity index is 499. The number of nitrogens with two attached hydrogens (primary N) is 1. The Kier molecular flexibility index (Phi) is 4.60. The molecule has 1 aromatic carbocycles. The van der Waals surface area contributed by atoms with E-state index in [1.807, 2.05) is 35.7 Å². The maximum absolute atomic E-state index is 8.70. The van der Waals surface area contributed by atoms with Gasteiger partial charge >= 0.3 is 0 Å². The van der Waals surface area contributed by atoms with Crippen LogP contribution < -0.4 is 5.73 Å². The van der Waals surface area contributed by atoms with Crippen molar-refractivity contribution < 1.29 is 5.21 Å². The molecular weight excluding hydrogens is 266 g/mol. The predicted octanol–water partition coefficient (Wildman–Crippen LogP) is 3.11. The number of rotatable bonds is 5. The van der Waals surface area contributed by atoms with Crippen molar-refractivity contribution >= 4 is 28.9 Å². The van der Waals surface area contributed by atoms with Crippen molar-refractivity contribution in [2.24, 2.45) is 10.9 Å². The average Bonchev–Trinajstić information content (AvgIpc) is 2.92. The summed E-state index contributed by atoms with van der Waals surface area (Å²) in [6.07, 6.45) is 2.27. The highest BCUT2D eigenvalue weighted by Gasteiger charge is 2.16. The molecule has 0 aliphatic rings. The van der Waals surface area contributed by atoms with E-state index in [0.717, 1.165) is 9.90 Å². The van der Waals surface area contributed by atoms with Gasteiger partial charge in [0.05, 0.1) is 0 Å². The van der Waals surface area contributed by atoms with Gasteiger partial charge in [-0.3, -0.25) is 0 Å². The van der Waals surface area contributed by atoms with E-state index in [1.54, 1.807) is 29.3 Å². The zero-order chi connectivity index (χ0) is 12.8. The van der Waals surface area contributed by atoms with E-state index in [9.17, 15) is 0 Å². The minimum absolute atomic E-state index is 0.105. The molecule has 18 heavy (non-hydrogen) atoms. The van der Waals surface area contributed by atoms with E-state index >= 15 is 0 Å². The normalized spacial score (nSPS) is 13.4. The van der Waals surface area contributed by atoms with Crippen molar-refractivity contribution in [3.63, 3.8) is 0 Å². The van der Waals surface area contributed by atoms with E-state index < -0.39 is 0 Å². The highest BCUT2D eigenvalue weighted by atomic mass is 32.2. The van der Waals surface area contributed by atoms with E-state index in [-0.39, 0.29) is 11.1 Å². The standard InChI is InChI=1S/C12H13N3OS2/c13-11(15-16)8-10(9-4-2-1-3-5-9)18-12-14-6-7-17-12/h1-7,10,16H,8H2,(H2,13,15). The van der Waals surface area contributed by atoms with Crippen molar-refractivity contribution in [1.29, 1.82) is 0 Å². The molecule has 94 valence electrons. The Hall–Kier alpha value is -1.53. The summed E-state index contributed by atoms with van der Waals surface area (Å²) in [7, 11) is 0. The van der Waals surface area contributed by atoms with Gasteiger partial charge in [-0.2, -0.15) is 0 Å². The molecule has 2 aromatic rings. The molecule has 1 heterocycles. The summed E-state index contributed by atoms with van der Waals surface area (Å²) in [5.74, 6) is 0.230. The quantitative estimate of drug-likeness (QED) is 0.290. The van der Waals surface area contributed by atoms with Crippen LogP contribution in [-0.4, -0.2) is 16.0 Å². The van der Waals surface area contributed by atoms with Gasteiger partial charge < -0.3 is 10.9 Å². The molecule has 0 saturated carbocycles. The molecule has 0 radical (unpaired) electrons. The summed E-state index contributed by atoms with van der Waals surface area (Å²) in [6.45, 7) is 0. The molecular formula is C12H13N3OS2. The van der Waals surface area contributed by atoms with E-state index in [4.69, 9.17) is 10.9 Å². The van der Waals surface area contributed by atoms with E-state index in [0.29, 0.717) is 6.42 Å². The van der Waals surface area contributed by atoms with Crippen molar-refractivity contribution in [2.75, 3.05) is 0 Å². The van der Waals surface area contributed by atoms with Crippen LogP contribution >= 0.6 is 23.1 Å². The molecule has 0 amide bonds. The number of thiazole rings is 1. The summed E-state index contributed by atoms with van der Waals surface area (Å²) in [5.41, 5.74) is 6.75. The van der Waals surface area contributed by atoms with Crippen LogP contribution in [0.2, 0.25) is 0 Å². The largest absolute Gasteiger partial charge is 0.409 e. The molecule has 0 aliphatic carbocycles. The first-order valence-corrected chi connectivity index (χ1v) is 7.13. The number of oxime groups is 1. The van der Waals surface area contributed by atoms with Crippen LogP contribution in [0.25, 0.3) is 0 Å². The van der Waals surface area contributed by atoms with Gasteiger partial charge in [0.1, 0.15) is 10.2 Å². The van der Waals surface area contributed by atoms with Crippen molar-refractivity contribution in [3.8, 4) is 0 Å². The first-order chi connectivity index (χ1) is 8.79. The van der Waals surface area contributed by atoms with Crippen LogP contribution in [0.3, 0.4) is 0 Å². The van der Waals surface area contributed by atoms with Gasteiger partial charge in [-0.05, 0) is 5.56 Å². The van der Waals surface area contributed by atoms with Gasteiger partial charge in [-0.1, -0.05) is 47.2 Å². The fourth-order valence-electron chi connectivity index (χ4n) is 1.52. The Labute approximate surface area is 114 Å². The SMILES string of the molecule is NC(CC(Sc1nccs1)c1ccccc1)=NO. The molecule has 0 saturated heterocycles. The fourth-order valence-corrected chi connectivity index (χ4v) is 3.53. The Morgan fingerprint density at radius 1 is 1.44 bits per heavy atom. The molecule has 1 atom stereocenters. The number of amidine groups is 1. The first-order valence-electron chi connectivity index (χ1n) is 5.37. The van der Waals surface area contributed by atoms with Crippen LogP contribution in [0.15, 0.2) is 51.4 Å². The van der Waals surface area contributed by atoms with Gasteiger partial charge in [-0.15, -0.1) is 11.3 Å². The lowest BCUT2D eigenvalue weighted by Gasteiger charge is -2.14. The molecule has 0 fully saturated rings. The number of thioether (sulfide) groups is 1. The van der Waals surface area contributed by atoms with E-state index in [2.05, 4.69) is 10.1 Å². The fraction of sp³-hybridized carbons (Fsp3) is 0.167. The zero-order valence-electron chi connectivity index (χ0n) is 9.56. The highest BCUT2D eigenvalue weighted by Crippen LogP contribution is 2.38. The molecule has 3 N–H and O–H groups in total. The summed E-state index contributed by atoms with van der Waals surface area (Å²) >= 11 is 3.22. The Morgan fingerprint density at radius 3 is 2.83 bits per heavy atom. The lowest BCUT2D eigenvalue weighted by atomic mass is 10.1. The Morgan fingerprint density at radius 2 is 2.22 bits per heavy atom. The van der Waals surface area contributed by atoms with Gasteiger partial charge in [0, 0.05) is 23.2 Å². The molecule has 1 aromatic heterocycles. The number of aromatic nitrogens is 1. The third kappa shape index (κ3) is 3.48. The van der Waals surface area contributed by atoms with Gasteiger partial charge in [0.2, 0.25) is 0 Å². The van der Waals surface area contributed by atoms with Crippen LogP contribution in [-0.2, 0) is 0 Å². The highest BCUT2D eigenvalue weighted by molar-refractivity contribution is 8.01. The van der Waals surface area contributed by atoms with Gasteiger partial charge in [-0.25, -0.2) is 4.98 Å². The second kappa shape index (κ2) is 6.42. The maximum atomic E-state index is 8.70. The van der Waals surface area contributed by atoms with Crippen LogP contribution in [0.5, 0.6) is 0 Å². The zero-order valence-corrected chi connectivity index (χ0v) is 11.2. The van der Waals surface area contributed by atoms with Crippen LogP contribution in [0.1, 0.15) is 17.2 Å². The number of hydrogen-bond donors (Lipinski definition) is 2. The molecule has 6 heteroatoms. The predicted molar refractivity (Wildman–Crippen MR) is 75.2 cm³/mol. The lowest BCUT2D eigenvalue weighted by Crippen LogP contribution is -2.14. The lowest BCUT2D eigenvalue weighted by molar-refractivity contribution is 0.317. The van der Waals surface area contributed by atoms with Gasteiger partial charge in [0.15, 0.2) is 0 Å². The monoisotopic (exact) mass is 279 g/mol. The maximum Gasteiger partial charge on any atom is 0.150 e. The molecule has 0 aliphatic heterocycles. The minimum Gasteiger partial charge on any atom is -0.409 e. The topological polar surface area (TPSA) is 71.5 Å². The van der Waals surface area contributed by atoms with Crippen molar-refractivity contribution in [1.82, 2.24) is 4.98 Å². The number of benzene rings is 1.